The van der Waals surface area contributed by atoms with Crippen LogP contribution in [0.5, 0.6) is 0 Å². The summed E-state index contributed by atoms with van der Waals surface area (Å²) in [4.78, 5) is 15.8. The third kappa shape index (κ3) is 5.44. The Kier molecular flexibility index (Phi) is 7.59. The molecule has 0 fully saturated rings. The summed E-state index contributed by atoms with van der Waals surface area (Å²) in [5.74, 6) is 1.77. The number of benzene rings is 10. The molecule has 0 bridgehead atoms. The van der Waals surface area contributed by atoms with Gasteiger partial charge in [0.25, 0.3) is 0 Å². The first kappa shape index (κ1) is 35.7. The Morgan fingerprint density at radius 1 is 0.308 bits per heavy atom. The van der Waals surface area contributed by atoms with Gasteiger partial charge in [0.15, 0.2) is 17.5 Å². The van der Waals surface area contributed by atoms with Crippen LogP contribution in [0.25, 0.3) is 133 Å². The van der Waals surface area contributed by atoms with E-state index in [9.17, 15) is 0 Å². The lowest BCUT2D eigenvalue weighted by Crippen LogP contribution is -2.01. The van der Waals surface area contributed by atoms with Crippen molar-refractivity contribution in [1.82, 2.24) is 24.1 Å². The molecule has 6 heteroatoms. The fourth-order valence-electron chi connectivity index (χ4n) is 10.2. The molecule has 0 radical (unpaired) electrons. The number of fused-ring (bicyclic) bond motifs is 12. The Morgan fingerprint density at radius 3 is 1.66 bits per heavy atom. The third-order valence-electron chi connectivity index (χ3n) is 13.1. The molecule has 4 heterocycles. The molecule has 0 saturated heterocycles. The van der Waals surface area contributed by atoms with Crippen LogP contribution >= 0.6 is 0 Å². The lowest BCUT2D eigenvalue weighted by molar-refractivity contribution is 0.669. The lowest BCUT2D eigenvalue weighted by atomic mass is 9.97. The highest BCUT2D eigenvalue weighted by atomic mass is 16.3. The van der Waals surface area contributed by atoms with Gasteiger partial charge in [0.2, 0.25) is 0 Å². The zero-order valence-corrected chi connectivity index (χ0v) is 34.9. The standard InChI is InChI=1S/C59H35N5O/c1-3-15-36(16-4-1)57-60-58(39-27-30-52-46(32-39)43-21-9-12-24-50(43)63(52)40-19-5-2-6-20-40)62-59(61-57)49-35-55-56(45-23-11-14-26-54(45)65-55)48-34-41(28-29-42(48)49)64-51-25-13-10-22-44(51)47-31-37-17-7-8-18-38(37)33-53(47)64/h1-35H. The summed E-state index contributed by atoms with van der Waals surface area (Å²) in [5.41, 5.74) is 11.0. The van der Waals surface area contributed by atoms with Crippen LogP contribution in [0.1, 0.15) is 0 Å². The topological polar surface area (TPSA) is 61.7 Å². The summed E-state index contributed by atoms with van der Waals surface area (Å²) in [6.45, 7) is 0. The monoisotopic (exact) mass is 829 g/mol. The number of para-hydroxylation sites is 4. The van der Waals surface area contributed by atoms with Crippen molar-refractivity contribution >= 4 is 87.1 Å². The minimum Gasteiger partial charge on any atom is -0.456 e. The Morgan fingerprint density at radius 2 is 0.892 bits per heavy atom. The van der Waals surface area contributed by atoms with Crippen LogP contribution in [0.3, 0.4) is 0 Å². The van der Waals surface area contributed by atoms with Crippen molar-refractivity contribution in [2.45, 2.75) is 0 Å². The quantitative estimate of drug-likeness (QED) is 0.173. The summed E-state index contributed by atoms with van der Waals surface area (Å²) in [6.07, 6.45) is 0. The van der Waals surface area contributed by atoms with Crippen LogP contribution in [0, 0.1) is 0 Å². The Bertz CT molecular complexity index is 4240. The van der Waals surface area contributed by atoms with Crippen molar-refractivity contribution < 1.29 is 4.42 Å². The van der Waals surface area contributed by atoms with Crippen molar-refractivity contribution in [1.29, 1.82) is 0 Å². The largest absolute Gasteiger partial charge is 0.456 e. The van der Waals surface area contributed by atoms with Crippen LogP contribution in [0.2, 0.25) is 0 Å². The number of nitrogens with zero attached hydrogens (tertiary/aromatic N) is 5. The fraction of sp³-hybridized carbons (Fsp3) is 0. The third-order valence-corrected chi connectivity index (χ3v) is 13.1. The minimum absolute atomic E-state index is 0.573. The average Bonchev–Trinajstić information content (AvgIpc) is 4.03. The highest BCUT2D eigenvalue weighted by molar-refractivity contribution is 6.23. The summed E-state index contributed by atoms with van der Waals surface area (Å²) in [7, 11) is 0. The van der Waals surface area contributed by atoms with E-state index in [0.29, 0.717) is 17.5 Å². The number of rotatable bonds is 5. The molecule has 14 aromatic rings. The molecule has 0 unspecified atom stereocenters. The zero-order valence-electron chi connectivity index (χ0n) is 34.9. The van der Waals surface area contributed by atoms with Gasteiger partial charge < -0.3 is 13.6 Å². The van der Waals surface area contributed by atoms with Crippen molar-refractivity contribution in [2.75, 3.05) is 0 Å². The van der Waals surface area contributed by atoms with E-state index in [0.717, 1.165) is 88.2 Å². The molecule has 65 heavy (non-hydrogen) atoms. The maximum Gasteiger partial charge on any atom is 0.164 e. The molecule has 0 atom stereocenters. The fourth-order valence-corrected chi connectivity index (χ4v) is 10.2. The van der Waals surface area contributed by atoms with E-state index in [4.69, 9.17) is 19.4 Å². The van der Waals surface area contributed by atoms with E-state index in [1.807, 2.05) is 30.3 Å². The van der Waals surface area contributed by atoms with E-state index in [1.165, 1.54) is 26.9 Å². The average molecular weight is 830 g/mol. The first-order chi connectivity index (χ1) is 32.2. The predicted octanol–water partition coefficient (Wildman–Crippen LogP) is 15.3. The first-order valence-corrected chi connectivity index (χ1v) is 21.9. The maximum absolute atomic E-state index is 6.72. The van der Waals surface area contributed by atoms with Crippen molar-refractivity contribution in [2.24, 2.45) is 0 Å². The van der Waals surface area contributed by atoms with Gasteiger partial charge in [-0.25, -0.2) is 15.0 Å². The van der Waals surface area contributed by atoms with Gasteiger partial charge in [0, 0.05) is 60.4 Å². The number of hydrogen-bond donors (Lipinski definition) is 0. The van der Waals surface area contributed by atoms with Gasteiger partial charge in [-0.05, 0) is 100 Å². The molecule has 0 N–H and O–H groups in total. The van der Waals surface area contributed by atoms with Crippen LogP contribution in [-0.4, -0.2) is 24.1 Å². The molecular formula is C59H35N5O. The molecule has 6 nitrogen and oxygen atoms in total. The molecule has 302 valence electrons. The molecule has 0 aliphatic carbocycles. The van der Waals surface area contributed by atoms with Gasteiger partial charge >= 0.3 is 0 Å². The van der Waals surface area contributed by atoms with Crippen molar-refractivity contribution in [3.63, 3.8) is 0 Å². The SMILES string of the molecule is c1ccc(-c2nc(-c3ccc4c(c3)c3ccccc3n4-c3ccccc3)nc(-c3cc4oc5ccccc5c4c4cc(-n5c6ccccc6c6cc7ccccc7cc65)ccc34)n2)cc1. The second-order valence-electron chi connectivity index (χ2n) is 16.8. The highest BCUT2D eigenvalue weighted by Gasteiger charge is 2.22. The normalized spacial score (nSPS) is 12.0. The molecule has 14 rings (SSSR count). The summed E-state index contributed by atoms with van der Waals surface area (Å²) in [5, 5.41) is 11.4. The van der Waals surface area contributed by atoms with Crippen molar-refractivity contribution in [3.8, 4) is 45.5 Å². The number of hydrogen-bond acceptors (Lipinski definition) is 4. The number of aromatic nitrogens is 5. The molecule has 0 saturated carbocycles. The lowest BCUT2D eigenvalue weighted by Gasteiger charge is -2.14. The molecule has 0 spiro atoms. The molecule has 0 amide bonds. The molecule has 10 aromatic carbocycles. The molecule has 0 aliphatic rings. The van der Waals surface area contributed by atoms with Crippen LogP contribution in [0.4, 0.5) is 0 Å². The van der Waals surface area contributed by atoms with E-state index in [1.54, 1.807) is 0 Å². The zero-order chi connectivity index (χ0) is 42.6. The smallest absolute Gasteiger partial charge is 0.164 e. The highest BCUT2D eigenvalue weighted by Crippen LogP contribution is 2.43. The van der Waals surface area contributed by atoms with Gasteiger partial charge in [-0.1, -0.05) is 133 Å². The van der Waals surface area contributed by atoms with Crippen LogP contribution in [-0.2, 0) is 0 Å². The Hall–Kier alpha value is -8.87. The minimum atomic E-state index is 0.573. The van der Waals surface area contributed by atoms with E-state index >= 15 is 0 Å². The Labute approximate surface area is 371 Å². The first-order valence-electron chi connectivity index (χ1n) is 21.9. The molecule has 4 aromatic heterocycles. The van der Waals surface area contributed by atoms with Crippen molar-refractivity contribution in [3.05, 3.63) is 212 Å². The predicted molar refractivity (Wildman–Crippen MR) is 267 cm³/mol. The molecular weight excluding hydrogens is 795 g/mol. The molecule has 0 aliphatic heterocycles. The van der Waals surface area contributed by atoms with E-state index in [2.05, 4.69) is 191 Å². The summed E-state index contributed by atoms with van der Waals surface area (Å²) >= 11 is 0. The summed E-state index contributed by atoms with van der Waals surface area (Å²) in [6, 6.07) is 75.0. The van der Waals surface area contributed by atoms with Gasteiger partial charge in [0.1, 0.15) is 11.2 Å². The van der Waals surface area contributed by atoms with E-state index in [-0.39, 0.29) is 0 Å². The number of furan rings is 1. The van der Waals surface area contributed by atoms with Gasteiger partial charge in [-0.15, -0.1) is 0 Å². The van der Waals surface area contributed by atoms with Gasteiger partial charge in [-0.3, -0.25) is 0 Å². The van der Waals surface area contributed by atoms with Gasteiger partial charge in [0.05, 0.1) is 22.1 Å². The maximum atomic E-state index is 6.72. The second-order valence-corrected chi connectivity index (χ2v) is 16.8. The second kappa shape index (κ2) is 13.8. The Balaban J connectivity index is 1.03. The van der Waals surface area contributed by atoms with Crippen LogP contribution < -0.4 is 0 Å². The summed E-state index contributed by atoms with van der Waals surface area (Å²) < 4.78 is 11.4. The van der Waals surface area contributed by atoms with Gasteiger partial charge in [-0.2, -0.15) is 0 Å². The van der Waals surface area contributed by atoms with E-state index < -0.39 is 0 Å². The van der Waals surface area contributed by atoms with Crippen LogP contribution in [0.15, 0.2) is 217 Å².